The molecule has 190 valence electrons. The number of carbonyl (C=O) groups is 3. The summed E-state index contributed by atoms with van der Waals surface area (Å²) in [5, 5.41) is 13.3. The fraction of sp³-hybridized carbons (Fsp3) is 0.483. The number of likely N-dealkylation sites (tertiary alicyclic amines) is 1. The van der Waals surface area contributed by atoms with E-state index >= 15 is 0 Å². The summed E-state index contributed by atoms with van der Waals surface area (Å²) in [5.74, 6) is -0.207. The van der Waals surface area contributed by atoms with Gasteiger partial charge in [-0.25, -0.2) is 0 Å². The van der Waals surface area contributed by atoms with E-state index in [4.69, 9.17) is 0 Å². The highest BCUT2D eigenvalue weighted by Crippen LogP contribution is 2.36. The van der Waals surface area contributed by atoms with Crippen molar-refractivity contribution in [2.75, 3.05) is 6.54 Å². The topological polar surface area (TPSA) is 89.9 Å². The van der Waals surface area contributed by atoms with Crippen molar-refractivity contribution in [3.63, 3.8) is 0 Å². The third-order valence-electron chi connectivity index (χ3n) is 7.96. The number of β-amino-alcohol motifs (C(OH)–C–C–N with tert-alkyl or cyclic N) is 1. The van der Waals surface area contributed by atoms with Crippen LogP contribution in [0.5, 0.6) is 0 Å². The Kier molecular flexibility index (Phi) is 6.84. The maximum Gasteiger partial charge on any atom is 0.255 e. The van der Waals surface area contributed by atoms with Gasteiger partial charge in [-0.15, -0.1) is 0 Å². The smallest absolute Gasteiger partial charge is 0.255 e. The normalized spacial score (nSPS) is 22.5. The molecule has 0 spiro atoms. The number of nitrogens with zero attached hydrogens (tertiary/aromatic N) is 2. The molecule has 1 unspecified atom stereocenters. The van der Waals surface area contributed by atoms with Crippen molar-refractivity contribution in [3.8, 4) is 0 Å². The summed E-state index contributed by atoms with van der Waals surface area (Å²) in [4.78, 5) is 43.2. The van der Waals surface area contributed by atoms with E-state index in [2.05, 4.69) is 17.4 Å². The molecule has 3 atom stereocenters. The van der Waals surface area contributed by atoms with Crippen LogP contribution in [0.15, 0.2) is 48.5 Å². The molecule has 2 aliphatic heterocycles. The van der Waals surface area contributed by atoms with Gasteiger partial charge in [0.05, 0.1) is 6.10 Å². The summed E-state index contributed by atoms with van der Waals surface area (Å²) < 4.78 is 0. The molecule has 1 saturated carbocycles. The lowest BCUT2D eigenvalue weighted by molar-refractivity contribution is -0.143. The monoisotopic (exact) mass is 489 g/mol. The van der Waals surface area contributed by atoms with Crippen molar-refractivity contribution < 1.29 is 19.5 Å². The molecular formula is C29H35N3O4. The van der Waals surface area contributed by atoms with Crippen LogP contribution in [-0.2, 0) is 22.7 Å². The molecule has 2 fully saturated rings. The van der Waals surface area contributed by atoms with Crippen LogP contribution in [0.3, 0.4) is 0 Å². The van der Waals surface area contributed by atoms with E-state index in [-0.39, 0.29) is 36.6 Å². The summed E-state index contributed by atoms with van der Waals surface area (Å²) in [5.41, 5.74) is 3.88. The molecule has 3 aliphatic rings. The molecule has 0 aromatic heterocycles. The number of rotatable bonds is 7. The van der Waals surface area contributed by atoms with Gasteiger partial charge >= 0.3 is 0 Å². The second kappa shape index (κ2) is 10.1. The van der Waals surface area contributed by atoms with E-state index in [1.165, 1.54) is 29.7 Å². The van der Waals surface area contributed by atoms with E-state index < -0.39 is 18.2 Å². The van der Waals surface area contributed by atoms with Gasteiger partial charge in [0.1, 0.15) is 12.1 Å². The van der Waals surface area contributed by atoms with Crippen molar-refractivity contribution in [1.82, 2.24) is 15.1 Å². The second-order valence-electron chi connectivity index (χ2n) is 10.8. The van der Waals surface area contributed by atoms with E-state index in [1.54, 1.807) is 11.0 Å². The Labute approximate surface area is 212 Å². The first kappa shape index (κ1) is 24.5. The zero-order chi connectivity index (χ0) is 25.4. The van der Waals surface area contributed by atoms with Crippen molar-refractivity contribution in [2.45, 2.75) is 76.7 Å². The van der Waals surface area contributed by atoms with E-state index in [1.807, 2.05) is 44.2 Å². The number of nitrogens with one attached hydrogen (secondary N) is 1. The lowest BCUT2D eigenvalue weighted by Gasteiger charge is -2.35. The van der Waals surface area contributed by atoms with Gasteiger partial charge in [-0.05, 0) is 47.4 Å². The first-order chi connectivity index (χ1) is 17.3. The number of carbonyl (C=O) groups excluding carboxylic acids is 3. The molecule has 1 aliphatic carbocycles. The first-order valence-electron chi connectivity index (χ1n) is 13.1. The number of aliphatic hydroxyl groups is 1. The highest BCUT2D eigenvalue weighted by atomic mass is 16.3. The minimum absolute atomic E-state index is 0.0885. The average molecular weight is 490 g/mol. The number of amides is 3. The third kappa shape index (κ3) is 4.64. The van der Waals surface area contributed by atoms with Crippen LogP contribution >= 0.6 is 0 Å². The minimum atomic E-state index is -0.772. The van der Waals surface area contributed by atoms with Crippen LogP contribution in [0.25, 0.3) is 0 Å². The van der Waals surface area contributed by atoms with Gasteiger partial charge < -0.3 is 20.2 Å². The summed E-state index contributed by atoms with van der Waals surface area (Å²) in [6.07, 6.45) is 3.21. The second-order valence-corrected chi connectivity index (χ2v) is 10.8. The zero-order valence-corrected chi connectivity index (χ0v) is 21.0. The Hall–Kier alpha value is -3.19. The predicted molar refractivity (Wildman–Crippen MR) is 136 cm³/mol. The van der Waals surface area contributed by atoms with Crippen LogP contribution in [0.2, 0.25) is 0 Å². The van der Waals surface area contributed by atoms with Crippen molar-refractivity contribution in [1.29, 1.82) is 0 Å². The molecule has 5 rings (SSSR count). The maximum absolute atomic E-state index is 13.8. The number of benzene rings is 2. The molecule has 7 heteroatoms. The van der Waals surface area contributed by atoms with Crippen LogP contribution < -0.4 is 5.32 Å². The van der Waals surface area contributed by atoms with Gasteiger partial charge in [0, 0.05) is 31.6 Å². The lowest BCUT2D eigenvalue weighted by Crippen LogP contribution is -2.55. The Morgan fingerprint density at radius 3 is 2.44 bits per heavy atom. The fourth-order valence-electron chi connectivity index (χ4n) is 5.71. The van der Waals surface area contributed by atoms with Crippen molar-refractivity contribution in [2.24, 2.45) is 5.92 Å². The maximum atomic E-state index is 13.8. The molecule has 3 amide bonds. The fourth-order valence-corrected chi connectivity index (χ4v) is 5.71. The highest BCUT2D eigenvalue weighted by Gasteiger charge is 2.45. The van der Waals surface area contributed by atoms with Crippen molar-refractivity contribution >= 4 is 17.7 Å². The molecule has 2 aromatic carbocycles. The largest absolute Gasteiger partial charge is 0.391 e. The summed E-state index contributed by atoms with van der Waals surface area (Å²) in [7, 11) is 0. The van der Waals surface area contributed by atoms with Gasteiger partial charge in [-0.1, -0.05) is 62.7 Å². The van der Waals surface area contributed by atoms with Crippen LogP contribution in [0.4, 0.5) is 0 Å². The Bertz CT molecular complexity index is 1140. The van der Waals surface area contributed by atoms with Crippen molar-refractivity contribution in [3.05, 3.63) is 70.8 Å². The first-order valence-corrected chi connectivity index (χ1v) is 13.1. The molecule has 2 aromatic rings. The average Bonchev–Trinajstić information content (AvgIpc) is 3.37. The van der Waals surface area contributed by atoms with Gasteiger partial charge in [0.2, 0.25) is 11.8 Å². The molecule has 0 radical (unpaired) electrons. The van der Waals surface area contributed by atoms with E-state index in [0.29, 0.717) is 24.6 Å². The van der Waals surface area contributed by atoms with E-state index in [0.717, 1.165) is 11.1 Å². The summed E-state index contributed by atoms with van der Waals surface area (Å²) in [6, 6.07) is 14.3. The summed E-state index contributed by atoms with van der Waals surface area (Å²) >= 11 is 0. The predicted octanol–water partition coefficient (Wildman–Crippen LogP) is 3.21. The SMILES string of the molecule is CC(C)C(C(=O)N1C[C@H](O)C[C@H]1C(=O)NCc1ccc(C2CCC2)cc1)N1Cc2ccccc2C1=O. The molecule has 2 heterocycles. The Morgan fingerprint density at radius 2 is 1.81 bits per heavy atom. The summed E-state index contributed by atoms with van der Waals surface area (Å²) in [6.45, 7) is 4.65. The number of hydrogen-bond donors (Lipinski definition) is 2. The minimum Gasteiger partial charge on any atom is -0.391 e. The molecule has 36 heavy (non-hydrogen) atoms. The quantitative estimate of drug-likeness (QED) is 0.625. The van der Waals surface area contributed by atoms with Gasteiger partial charge in [-0.3, -0.25) is 14.4 Å². The van der Waals surface area contributed by atoms with Gasteiger partial charge in [0.25, 0.3) is 5.91 Å². The third-order valence-corrected chi connectivity index (χ3v) is 7.96. The lowest BCUT2D eigenvalue weighted by atomic mass is 9.80. The molecule has 0 bridgehead atoms. The molecule has 1 saturated heterocycles. The number of fused-ring (bicyclic) bond motifs is 1. The van der Waals surface area contributed by atoms with Crippen LogP contribution in [0.1, 0.15) is 72.5 Å². The standard InChI is InChI=1S/C29H35N3O4/c1-18(2)26(32-16-22-6-3-4-9-24(22)28(32)35)29(36)31-17-23(33)14-25(31)27(34)30-15-19-10-12-21(13-11-19)20-7-5-8-20/h3-4,6,9-13,18,20,23,25-26,33H,5,7-8,14-17H2,1-2H3,(H,30,34)/t23-,25+,26?/m1/s1. The highest BCUT2D eigenvalue weighted by molar-refractivity contribution is 6.01. The Balaban J connectivity index is 1.27. The number of aliphatic hydroxyl groups excluding tert-OH is 1. The van der Waals surface area contributed by atoms with Gasteiger partial charge in [-0.2, -0.15) is 0 Å². The van der Waals surface area contributed by atoms with E-state index in [9.17, 15) is 19.5 Å². The molecule has 7 nitrogen and oxygen atoms in total. The van der Waals surface area contributed by atoms with Crippen LogP contribution in [0, 0.1) is 5.92 Å². The molecular weight excluding hydrogens is 454 g/mol. The van der Waals surface area contributed by atoms with Gasteiger partial charge in [0.15, 0.2) is 0 Å². The Morgan fingerprint density at radius 1 is 1.08 bits per heavy atom. The number of hydrogen-bond acceptors (Lipinski definition) is 4. The zero-order valence-electron chi connectivity index (χ0n) is 21.0. The molecule has 2 N–H and O–H groups in total. The van der Waals surface area contributed by atoms with Crippen LogP contribution in [-0.4, -0.2) is 57.4 Å².